The van der Waals surface area contributed by atoms with Crippen molar-refractivity contribution >= 4 is 28.0 Å². The second-order valence-electron chi connectivity index (χ2n) is 2.87. The minimum atomic E-state index is -0.343. The molecule has 2 N–H and O–H groups in total. The van der Waals surface area contributed by atoms with Gasteiger partial charge in [0.15, 0.2) is 0 Å². The Balaban J connectivity index is 2.98. The number of rotatable bonds is 3. The third-order valence-electron chi connectivity index (χ3n) is 1.86. The summed E-state index contributed by atoms with van der Waals surface area (Å²) in [5, 5.41) is 0. The molecule has 0 saturated heterocycles. The van der Waals surface area contributed by atoms with Crippen LogP contribution in [0.4, 0.5) is 0 Å². The van der Waals surface area contributed by atoms with Gasteiger partial charge in [0.05, 0.1) is 12.7 Å². The summed E-state index contributed by atoms with van der Waals surface area (Å²) in [4.78, 5) is 11.2. The molecule has 1 rings (SSSR count). The van der Waals surface area contributed by atoms with Crippen LogP contribution in [0.1, 0.15) is 15.9 Å². The summed E-state index contributed by atoms with van der Waals surface area (Å²) in [6.45, 7) is 0.491. The van der Waals surface area contributed by atoms with E-state index in [0.717, 1.165) is 10.0 Å². The monoisotopic (exact) mass is 269 g/mol. The highest BCUT2D eigenvalue weighted by atomic mass is 79.9. The zero-order valence-corrected chi connectivity index (χ0v) is 9.95. The van der Waals surface area contributed by atoms with Crippen LogP contribution in [0.5, 0.6) is 0 Å². The molecule has 0 fully saturated rings. The molecule has 0 aliphatic rings. The molecular weight excluding hydrogens is 258 g/mol. The smallest absolute Gasteiger partial charge is 0.337 e. The summed E-state index contributed by atoms with van der Waals surface area (Å²) in [6.07, 6.45) is 3.74. The average Bonchev–Trinajstić information content (AvgIpc) is 2.26. The van der Waals surface area contributed by atoms with Gasteiger partial charge in [-0.25, -0.2) is 4.79 Å². The second kappa shape index (κ2) is 5.68. The van der Waals surface area contributed by atoms with E-state index < -0.39 is 0 Å². The molecule has 1 aromatic rings. The second-order valence-corrected chi connectivity index (χ2v) is 3.72. The van der Waals surface area contributed by atoms with Crippen LogP contribution in [0.25, 0.3) is 6.08 Å². The summed E-state index contributed by atoms with van der Waals surface area (Å²) in [5.74, 6) is -0.343. The summed E-state index contributed by atoms with van der Waals surface area (Å²) in [6, 6.07) is 5.28. The van der Waals surface area contributed by atoms with Crippen LogP contribution in [-0.2, 0) is 4.74 Å². The highest BCUT2D eigenvalue weighted by Crippen LogP contribution is 2.20. The van der Waals surface area contributed by atoms with E-state index in [2.05, 4.69) is 20.7 Å². The molecule has 15 heavy (non-hydrogen) atoms. The van der Waals surface area contributed by atoms with Crippen molar-refractivity contribution in [3.63, 3.8) is 0 Å². The fourth-order valence-corrected chi connectivity index (χ4v) is 1.61. The molecule has 0 saturated carbocycles. The Morgan fingerprint density at radius 3 is 2.87 bits per heavy atom. The Bertz CT molecular complexity index is 388. The number of carbonyl (C=O) groups excluding carboxylic acids is 1. The van der Waals surface area contributed by atoms with Gasteiger partial charge in [-0.05, 0) is 17.7 Å². The topological polar surface area (TPSA) is 52.3 Å². The fraction of sp³-hybridized carbons (Fsp3) is 0.182. The lowest BCUT2D eigenvalue weighted by Crippen LogP contribution is -2.01. The Kier molecular flexibility index (Phi) is 4.52. The van der Waals surface area contributed by atoms with Gasteiger partial charge in [-0.1, -0.05) is 34.1 Å². The van der Waals surface area contributed by atoms with E-state index in [1.54, 1.807) is 12.1 Å². The van der Waals surface area contributed by atoms with Gasteiger partial charge >= 0.3 is 5.97 Å². The molecule has 80 valence electrons. The van der Waals surface area contributed by atoms with E-state index in [1.807, 2.05) is 18.2 Å². The molecule has 0 heterocycles. The molecule has 0 bridgehead atoms. The van der Waals surface area contributed by atoms with Crippen molar-refractivity contribution in [2.75, 3.05) is 13.7 Å². The first-order valence-corrected chi connectivity index (χ1v) is 5.23. The number of hydrogen-bond acceptors (Lipinski definition) is 3. The third kappa shape index (κ3) is 3.18. The summed E-state index contributed by atoms with van der Waals surface area (Å²) >= 11 is 3.37. The molecule has 1 aromatic carbocycles. The number of nitrogens with two attached hydrogens (primary N) is 1. The maximum absolute atomic E-state index is 11.2. The van der Waals surface area contributed by atoms with Gasteiger partial charge in [-0.2, -0.15) is 0 Å². The van der Waals surface area contributed by atoms with Gasteiger partial charge in [-0.3, -0.25) is 0 Å². The highest BCUT2D eigenvalue weighted by Gasteiger charge is 2.06. The van der Waals surface area contributed by atoms with Crippen LogP contribution >= 0.6 is 15.9 Å². The molecule has 0 amide bonds. The van der Waals surface area contributed by atoms with Crippen LogP contribution in [0.3, 0.4) is 0 Å². The van der Waals surface area contributed by atoms with Crippen molar-refractivity contribution < 1.29 is 9.53 Å². The Morgan fingerprint density at radius 2 is 2.33 bits per heavy atom. The highest BCUT2D eigenvalue weighted by molar-refractivity contribution is 9.10. The predicted octanol–water partition coefficient (Wildman–Crippen LogP) is 2.21. The average molecular weight is 270 g/mol. The summed E-state index contributed by atoms with van der Waals surface area (Å²) in [5.41, 5.74) is 6.85. The minimum absolute atomic E-state index is 0.343. The van der Waals surface area contributed by atoms with Crippen LogP contribution in [-0.4, -0.2) is 19.6 Å². The molecular formula is C11H12BrNO2. The lowest BCUT2D eigenvalue weighted by Gasteiger charge is -2.02. The molecule has 3 nitrogen and oxygen atoms in total. The van der Waals surface area contributed by atoms with Crippen molar-refractivity contribution in [2.45, 2.75) is 0 Å². The summed E-state index contributed by atoms with van der Waals surface area (Å²) in [7, 11) is 1.36. The summed E-state index contributed by atoms with van der Waals surface area (Å²) < 4.78 is 5.46. The zero-order chi connectivity index (χ0) is 11.3. The number of ether oxygens (including phenoxy) is 1. The normalized spacial score (nSPS) is 10.6. The molecule has 0 aromatic heterocycles. The number of carbonyl (C=O) groups is 1. The Morgan fingerprint density at radius 1 is 1.60 bits per heavy atom. The molecule has 0 aliphatic heterocycles. The number of methoxy groups -OCH3 is 1. The van der Waals surface area contributed by atoms with E-state index in [4.69, 9.17) is 5.73 Å². The van der Waals surface area contributed by atoms with Crippen LogP contribution < -0.4 is 5.73 Å². The van der Waals surface area contributed by atoms with Crippen LogP contribution in [0.15, 0.2) is 28.7 Å². The SMILES string of the molecule is COC(=O)c1ccc(C=CCN)c(Br)c1. The van der Waals surface area contributed by atoms with Gasteiger partial charge in [0.2, 0.25) is 0 Å². The number of hydrogen-bond donors (Lipinski definition) is 1. The van der Waals surface area contributed by atoms with Crippen molar-refractivity contribution in [1.82, 2.24) is 0 Å². The van der Waals surface area contributed by atoms with Gasteiger partial charge in [0.1, 0.15) is 0 Å². The largest absolute Gasteiger partial charge is 0.465 e. The van der Waals surface area contributed by atoms with E-state index in [1.165, 1.54) is 7.11 Å². The van der Waals surface area contributed by atoms with Crippen molar-refractivity contribution in [1.29, 1.82) is 0 Å². The molecule has 0 spiro atoms. The van der Waals surface area contributed by atoms with Gasteiger partial charge in [0, 0.05) is 11.0 Å². The Labute approximate surface area is 97.0 Å². The van der Waals surface area contributed by atoms with Crippen molar-refractivity contribution in [2.24, 2.45) is 5.73 Å². The molecule has 0 radical (unpaired) electrons. The fourth-order valence-electron chi connectivity index (χ4n) is 1.10. The predicted molar refractivity (Wildman–Crippen MR) is 63.6 cm³/mol. The number of benzene rings is 1. The Hall–Kier alpha value is -1.13. The van der Waals surface area contributed by atoms with E-state index in [-0.39, 0.29) is 5.97 Å². The molecule has 0 atom stereocenters. The maximum atomic E-state index is 11.2. The first-order chi connectivity index (χ1) is 7.19. The van der Waals surface area contributed by atoms with Gasteiger partial charge in [-0.15, -0.1) is 0 Å². The van der Waals surface area contributed by atoms with E-state index >= 15 is 0 Å². The minimum Gasteiger partial charge on any atom is -0.465 e. The first-order valence-electron chi connectivity index (χ1n) is 4.43. The van der Waals surface area contributed by atoms with Crippen LogP contribution in [0.2, 0.25) is 0 Å². The van der Waals surface area contributed by atoms with Crippen molar-refractivity contribution in [3.8, 4) is 0 Å². The zero-order valence-electron chi connectivity index (χ0n) is 8.37. The van der Waals surface area contributed by atoms with Crippen LogP contribution in [0, 0.1) is 0 Å². The number of esters is 1. The van der Waals surface area contributed by atoms with Gasteiger partial charge in [0.25, 0.3) is 0 Å². The lowest BCUT2D eigenvalue weighted by atomic mass is 10.1. The lowest BCUT2D eigenvalue weighted by molar-refractivity contribution is 0.0600. The first kappa shape index (κ1) is 11.9. The van der Waals surface area contributed by atoms with E-state index in [9.17, 15) is 4.79 Å². The van der Waals surface area contributed by atoms with E-state index in [0.29, 0.717) is 12.1 Å². The molecule has 0 unspecified atom stereocenters. The standard InChI is InChI=1S/C11H12BrNO2/c1-15-11(14)9-5-4-8(3-2-6-13)10(12)7-9/h2-5,7H,6,13H2,1H3. The van der Waals surface area contributed by atoms with Crippen molar-refractivity contribution in [3.05, 3.63) is 39.9 Å². The maximum Gasteiger partial charge on any atom is 0.337 e. The van der Waals surface area contributed by atoms with Gasteiger partial charge < -0.3 is 10.5 Å². The third-order valence-corrected chi connectivity index (χ3v) is 2.54. The quantitative estimate of drug-likeness (QED) is 0.857. The number of halogens is 1. The molecule has 0 aliphatic carbocycles. The molecule has 4 heteroatoms.